The van der Waals surface area contributed by atoms with Crippen LogP contribution < -0.4 is 4.74 Å². The summed E-state index contributed by atoms with van der Waals surface area (Å²) in [6.07, 6.45) is 3.82. The Kier molecular flexibility index (Phi) is 2.82. The van der Waals surface area contributed by atoms with Crippen molar-refractivity contribution in [2.24, 2.45) is 5.92 Å². The minimum Gasteiger partial charge on any atom is -0.474 e. The lowest BCUT2D eigenvalue weighted by Crippen LogP contribution is -2.16. The van der Waals surface area contributed by atoms with E-state index in [0.29, 0.717) is 12.5 Å². The molecule has 1 fully saturated rings. The normalized spacial score (nSPS) is 16.2. The average molecular weight is 224 g/mol. The largest absolute Gasteiger partial charge is 0.474 e. The maximum Gasteiger partial charge on any atom is 0.275 e. The van der Waals surface area contributed by atoms with Crippen LogP contribution in [0.3, 0.4) is 0 Å². The van der Waals surface area contributed by atoms with Crippen LogP contribution in [0.2, 0.25) is 0 Å². The molecule has 0 saturated heterocycles. The first-order valence-corrected chi connectivity index (χ1v) is 5.62. The Labute approximate surface area is 95.1 Å². The molecular weight excluding hydrogens is 207 g/mol. The SMILES string of the molecule is CC(C)(C)c1cnc(F)c(OCC2CC2)n1. The fourth-order valence-corrected chi connectivity index (χ4v) is 1.29. The number of hydrogen-bond donors (Lipinski definition) is 0. The van der Waals surface area contributed by atoms with E-state index in [2.05, 4.69) is 9.97 Å². The zero-order chi connectivity index (χ0) is 11.8. The minimum atomic E-state index is -0.617. The van der Waals surface area contributed by atoms with Gasteiger partial charge in [-0.05, 0) is 18.8 Å². The molecule has 2 rings (SSSR count). The Hall–Kier alpha value is -1.19. The van der Waals surface area contributed by atoms with Gasteiger partial charge in [-0.2, -0.15) is 4.39 Å². The second kappa shape index (κ2) is 4.00. The summed E-state index contributed by atoms with van der Waals surface area (Å²) in [6.45, 7) is 6.60. The highest BCUT2D eigenvalue weighted by molar-refractivity contribution is 5.16. The molecule has 0 N–H and O–H groups in total. The van der Waals surface area contributed by atoms with E-state index in [1.165, 1.54) is 19.0 Å². The summed E-state index contributed by atoms with van der Waals surface area (Å²) in [5.74, 6) is 0.00691. The van der Waals surface area contributed by atoms with E-state index in [1.54, 1.807) is 0 Å². The van der Waals surface area contributed by atoms with Gasteiger partial charge in [0, 0.05) is 5.41 Å². The molecule has 88 valence electrons. The standard InChI is InChI=1S/C12H17FN2O/c1-12(2,3)9-6-14-10(13)11(15-9)16-7-8-4-5-8/h6,8H,4-5,7H2,1-3H3. The van der Waals surface area contributed by atoms with E-state index < -0.39 is 5.95 Å². The third kappa shape index (κ3) is 2.68. The van der Waals surface area contributed by atoms with Crippen molar-refractivity contribution in [1.29, 1.82) is 0 Å². The van der Waals surface area contributed by atoms with Crippen LogP contribution in [0.1, 0.15) is 39.3 Å². The van der Waals surface area contributed by atoms with Crippen LogP contribution in [0.15, 0.2) is 6.20 Å². The first kappa shape index (κ1) is 11.3. The third-order valence-electron chi connectivity index (χ3n) is 2.62. The maximum atomic E-state index is 13.3. The molecule has 0 unspecified atom stereocenters. The number of halogens is 1. The van der Waals surface area contributed by atoms with Crippen LogP contribution in [0.25, 0.3) is 0 Å². The van der Waals surface area contributed by atoms with Gasteiger partial charge in [0.25, 0.3) is 11.8 Å². The Balaban J connectivity index is 2.14. The van der Waals surface area contributed by atoms with Crippen LogP contribution >= 0.6 is 0 Å². The molecule has 1 aromatic heterocycles. The second-order valence-corrected chi connectivity index (χ2v) is 5.36. The number of aromatic nitrogens is 2. The molecule has 1 aromatic rings. The zero-order valence-corrected chi connectivity index (χ0v) is 9.96. The first-order valence-electron chi connectivity index (χ1n) is 5.62. The van der Waals surface area contributed by atoms with Crippen molar-refractivity contribution in [3.05, 3.63) is 17.8 Å². The van der Waals surface area contributed by atoms with E-state index in [0.717, 1.165) is 5.69 Å². The highest BCUT2D eigenvalue weighted by Crippen LogP contribution is 2.30. The van der Waals surface area contributed by atoms with Crippen LogP contribution in [0.5, 0.6) is 5.88 Å². The van der Waals surface area contributed by atoms with Crippen molar-refractivity contribution in [3.8, 4) is 5.88 Å². The lowest BCUT2D eigenvalue weighted by Gasteiger charge is -2.17. The molecule has 0 radical (unpaired) electrons. The monoisotopic (exact) mass is 224 g/mol. The average Bonchev–Trinajstić information content (AvgIpc) is 2.98. The fraction of sp³-hybridized carbons (Fsp3) is 0.667. The van der Waals surface area contributed by atoms with Crippen LogP contribution in [0, 0.1) is 11.9 Å². The number of ether oxygens (including phenoxy) is 1. The highest BCUT2D eigenvalue weighted by atomic mass is 19.1. The molecule has 4 heteroatoms. The number of rotatable bonds is 3. The molecule has 0 spiro atoms. The second-order valence-electron chi connectivity index (χ2n) is 5.36. The number of hydrogen-bond acceptors (Lipinski definition) is 3. The Morgan fingerprint density at radius 3 is 2.69 bits per heavy atom. The Morgan fingerprint density at radius 2 is 2.12 bits per heavy atom. The Bertz CT molecular complexity index is 383. The topological polar surface area (TPSA) is 35.0 Å². The van der Waals surface area contributed by atoms with Crippen molar-refractivity contribution in [2.45, 2.75) is 39.0 Å². The predicted molar refractivity (Wildman–Crippen MR) is 58.9 cm³/mol. The summed E-state index contributed by atoms with van der Waals surface area (Å²) >= 11 is 0. The van der Waals surface area contributed by atoms with E-state index in [9.17, 15) is 4.39 Å². The summed E-state index contributed by atoms with van der Waals surface area (Å²) in [5, 5.41) is 0. The van der Waals surface area contributed by atoms with E-state index >= 15 is 0 Å². The van der Waals surface area contributed by atoms with Crippen molar-refractivity contribution in [1.82, 2.24) is 9.97 Å². The van der Waals surface area contributed by atoms with E-state index in [4.69, 9.17) is 4.74 Å². The maximum absolute atomic E-state index is 13.3. The zero-order valence-electron chi connectivity index (χ0n) is 9.96. The van der Waals surface area contributed by atoms with Gasteiger partial charge in [-0.25, -0.2) is 9.97 Å². The lowest BCUT2D eigenvalue weighted by atomic mass is 9.93. The van der Waals surface area contributed by atoms with Gasteiger partial charge in [-0.3, -0.25) is 0 Å². The summed E-state index contributed by atoms with van der Waals surface area (Å²) in [5.41, 5.74) is 0.609. The molecule has 0 aliphatic heterocycles. The van der Waals surface area contributed by atoms with Crippen molar-refractivity contribution in [2.75, 3.05) is 6.61 Å². The smallest absolute Gasteiger partial charge is 0.275 e. The van der Waals surface area contributed by atoms with Gasteiger partial charge >= 0.3 is 0 Å². The van der Waals surface area contributed by atoms with Gasteiger partial charge in [0.2, 0.25) is 0 Å². The molecule has 1 aliphatic carbocycles. The molecule has 0 bridgehead atoms. The van der Waals surface area contributed by atoms with Gasteiger partial charge in [-0.1, -0.05) is 20.8 Å². The third-order valence-corrected chi connectivity index (χ3v) is 2.62. The molecule has 0 aromatic carbocycles. The van der Waals surface area contributed by atoms with E-state index in [1.807, 2.05) is 20.8 Å². The molecule has 0 atom stereocenters. The molecule has 3 nitrogen and oxygen atoms in total. The summed E-state index contributed by atoms with van der Waals surface area (Å²) in [7, 11) is 0. The van der Waals surface area contributed by atoms with Gasteiger partial charge in [0.15, 0.2) is 0 Å². The molecule has 1 saturated carbocycles. The van der Waals surface area contributed by atoms with Crippen LogP contribution in [-0.4, -0.2) is 16.6 Å². The van der Waals surface area contributed by atoms with E-state index in [-0.39, 0.29) is 11.3 Å². The fourth-order valence-electron chi connectivity index (χ4n) is 1.29. The molecule has 1 heterocycles. The van der Waals surface area contributed by atoms with Crippen LogP contribution in [-0.2, 0) is 5.41 Å². The molecule has 0 amide bonds. The summed E-state index contributed by atoms with van der Waals surface area (Å²) in [6, 6.07) is 0. The van der Waals surface area contributed by atoms with Gasteiger partial charge < -0.3 is 4.74 Å². The van der Waals surface area contributed by atoms with Gasteiger partial charge in [0.1, 0.15) is 0 Å². The summed E-state index contributed by atoms with van der Waals surface area (Å²) in [4.78, 5) is 7.87. The molecular formula is C12H17FN2O. The highest BCUT2D eigenvalue weighted by Gasteiger charge is 2.24. The lowest BCUT2D eigenvalue weighted by molar-refractivity contribution is 0.266. The van der Waals surface area contributed by atoms with Crippen molar-refractivity contribution < 1.29 is 9.13 Å². The van der Waals surface area contributed by atoms with Crippen molar-refractivity contribution in [3.63, 3.8) is 0 Å². The van der Waals surface area contributed by atoms with Gasteiger partial charge in [0.05, 0.1) is 18.5 Å². The Morgan fingerprint density at radius 1 is 1.44 bits per heavy atom. The molecule has 1 aliphatic rings. The first-order chi connectivity index (χ1) is 7.47. The van der Waals surface area contributed by atoms with Gasteiger partial charge in [-0.15, -0.1) is 0 Å². The molecule has 16 heavy (non-hydrogen) atoms. The minimum absolute atomic E-state index is 0.0410. The number of nitrogens with zero attached hydrogens (tertiary/aromatic N) is 2. The van der Waals surface area contributed by atoms with Crippen molar-refractivity contribution >= 4 is 0 Å². The predicted octanol–water partition coefficient (Wildman–Crippen LogP) is 2.70. The van der Waals surface area contributed by atoms with Crippen LogP contribution in [0.4, 0.5) is 4.39 Å². The summed E-state index contributed by atoms with van der Waals surface area (Å²) < 4.78 is 18.7. The quantitative estimate of drug-likeness (QED) is 0.791.